The van der Waals surface area contributed by atoms with E-state index in [0.29, 0.717) is 5.76 Å². The molecule has 0 aliphatic carbocycles. The molecule has 1 aromatic rings. The molecule has 0 amide bonds. The topological polar surface area (TPSA) is 65.5 Å². The van der Waals surface area contributed by atoms with Crippen molar-refractivity contribution in [3.8, 4) is 0 Å². The molecule has 6 heteroatoms. The van der Waals surface area contributed by atoms with Gasteiger partial charge < -0.3 is 14.9 Å². The van der Waals surface area contributed by atoms with Gasteiger partial charge in [0.15, 0.2) is 0 Å². The summed E-state index contributed by atoms with van der Waals surface area (Å²) in [5, 5.41) is 0. The number of hydrogen-bond acceptors (Lipinski definition) is 4. The van der Waals surface area contributed by atoms with Gasteiger partial charge in [-0.25, -0.2) is 9.18 Å². The van der Waals surface area contributed by atoms with E-state index in [9.17, 15) is 9.18 Å². The molecule has 0 bridgehead atoms. The van der Waals surface area contributed by atoms with Crippen LogP contribution in [0.15, 0.2) is 16.5 Å². The van der Waals surface area contributed by atoms with Crippen molar-refractivity contribution in [3.63, 3.8) is 0 Å². The number of furan rings is 1. The van der Waals surface area contributed by atoms with Crippen LogP contribution in [0.2, 0.25) is 0 Å². The Bertz CT molecular complexity index is 343. The maximum absolute atomic E-state index is 13.4. The van der Waals surface area contributed by atoms with E-state index in [4.69, 9.17) is 10.2 Å². The summed E-state index contributed by atoms with van der Waals surface area (Å²) in [4.78, 5) is 11.0. The van der Waals surface area contributed by atoms with Gasteiger partial charge in [-0.2, -0.15) is 0 Å². The fourth-order valence-corrected chi connectivity index (χ4v) is 1.15. The smallest absolute Gasteiger partial charge is 0.342 e. The van der Waals surface area contributed by atoms with Gasteiger partial charge in [-0.15, -0.1) is 12.4 Å². The van der Waals surface area contributed by atoms with Gasteiger partial charge in [0.2, 0.25) is 6.17 Å². The Hall–Kier alpha value is -1.07. The molecule has 92 valence electrons. The first-order valence-electron chi connectivity index (χ1n) is 4.69. The van der Waals surface area contributed by atoms with E-state index in [-0.39, 0.29) is 24.8 Å². The van der Waals surface area contributed by atoms with Crippen LogP contribution in [-0.2, 0) is 9.53 Å². The van der Waals surface area contributed by atoms with Gasteiger partial charge in [-0.3, -0.25) is 0 Å². The van der Waals surface area contributed by atoms with E-state index < -0.39 is 18.2 Å². The van der Waals surface area contributed by atoms with Crippen LogP contribution < -0.4 is 5.73 Å². The lowest BCUT2D eigenvalue weighted by atomic mass is 10.1. The minimum absolute atomic E-state index is 0. The summed E-state index contributed by atoms with van der Waals surface area (Å²) in [5.74, 6) is -0.0939. The number of halogens is 2. The Morgan fingerprint density at radius 1 is 1.62 bits per heavy atom. The highest BCUT2D eigenvalue weighted by Crippen LogP contribution is 2.20. The number of nitrogens with two attached hydrogens (primary N) is 1. The molecule has 1 heterocycles. The van der Waals surface area contributed by atoms with Gasteiger partial charge in [0, 0.05) is 0 Å². The number of hydrogen-bond donors (Lipinski definition) is 1. The van der Waals surface area contributed by atoms with Crippen LogP contribution in [0.25, 0.3) is 0 Å². The van der Waals surface area contributed by atoms with E-state index >= 15 is 0 Å². The fraction of sp³-hybridized carbons (Fsp3) is 0.500. The first kappa shape index (κ1) is 14.9. The van der Waals surface area contributed by atoms with E-state index in [1.807, 2.05) is 0 Å². The summed E-state index contributed by atoms with van der Waals surface area (Å²) in [6.07, 6.45) is -1.89. The van der Waals surface area contributed by atoms with E-state index in [1.165, 1.54) is 0 Å². The molecule has 1 aromatic heterocycles. The van der Waals surface area contributed by atoms with Crippen LogP contribution in [0.1, 0.15) is 24.5 Å². The van der Waals surface area contributed by atoms with Crippen LogP contribution >= 0.6 is 12.4 Å². The molecule has 16 heavy (non-hydrogen) atoms. The van der Waals surface area contributed by atoms with Gasteiger partial charge in [0.05, 0.1) is 6.61 Å². The Morgan fingerprint density at radius 3 is 2.69 bits per heavy atom. The van der Waals surface area contributed by atoms with E-state index in [0.717, 1.165) is 0 Å². The number of carbonyl (C=O) groups is 1. The maximum atomic E-state index is 13.4. The summed E-state index contributed by atoms with van der Waals surface area (Å²) < 4.78 is 23.1. The summed E-state index contributed by atoms with van der Waals surface area (Å²) in [6.45, 7) is 3.45. The second-order valence-electron chi connectivity index (χ2n) is 3.13. The predicted octanol–water partition coefficient (Wildman–Crippen LogP) is 1.91. The lowest BCUT2D eigenvalue weighted by Crippen LogP contribution is -2.31. The summed E-state index contributed by atoms with van der Waals surface area (Å²) in [7, 11) is 0. The Morgan fingerprint density at radius 2 is 2.25 bits per heavy atom. The predicted molar refractivity (Wildman–Crippen MR) is 59.2 cm³/mol. The Balaban J connectivity index is 0.00000225. The quantitative estimate of drug-likeness (QED) is 0.831. The van der Waals surface area contributed by atoms with Crippen molar-refractivity contribution in [3.05, 3.63) is 23.7 Å². The van der Waals surface area contributed by atoms with Crippen molar-refractivity contribution >= 4 is 18.4 Å². The van der Waals surface area contributed by atoms with E-state index in [1.54, 1.807) is 26.0 Å². The highest BCUT2D eigenvalue weighted by Gasteiger charge is 2.29. The van der Waals surface area contributed by atoms with Crippen LogP contribution in [0.5, 0.6) is 0 Å². The normalized spacial score (nSPS) is 13.8. The minimum atomic E-state index is -1.89. The van der Waals surface area contributed by atoms with E-state index in [2.05, 4.69) is 4.74 Å². The van der Waals surface area contributed by atoms with Gasteiger partial charge in [-0.1, -0.05) is 0 Å². The number of rotatable bonds is 4. The lowest BCUT2D eigenvalue weighted by Gasteiger charge is -2.12. The van der Waals surface area contributed by atoms with Gasteiger partial charge in [0.25, 0.3) is 0 Å². The van der Waals surface area contributed by atoms with Gasteiger partial charge in [0.1, 0.15) is 17.6 Å². The fourth-order valence-electron chi connectivity index (χ4n) is 1.15. The highest BCUT2D eigenvalue weighted by atomic mass is 35.5. The molecular weight excluding hydrogens is 237 g/mol. The summed E-state index contributed by atoms with van der Waals surface area (Å²) in [6, 6.07) is 2.09. The molecule has 4 nitrogen and oxygen atoms in total. The molecule has 0 radical (unpaired) electrons. The Kier molecular flexibility index (Phi) is 6.06. The molecular formula is C10H15ClFNO3. The van der Waals surface area contributed by atoms with Crippen molar-refractivity contribution < 1.29 is 18.3 Å². The molecule has 1 unspecified atom stereocenters. The van der Waals surface area contributed by atoms with Crippen LogP contribution in [0.4, 0.5) is 4.39 Å². The zero-order valence-corrected chi connectivity index (χ0v) is 9.92. The monoisotopic (exact) mass is 251 g/mol. The molecule has 0 saturated heterocycles. The minimum Gasteiger partial charge on any atom is -0.465 e. The molecule has 0 spiro atoms. The van der Waals surface area contributed by atoms with Gasteiger partial charge in [-0.05, 0) is 26.0 Å². The summed E-state index contributed by atoms with van der Waals surface area (Å²) in [5.41, 5.74) is 5.51. The summed E-state index contributed by atoms with van der Waals surface area (Å²) >= 11 is 0. The van der Waals surface area contributed by atoms with Crippen molar-refractivity contribution in [2.75, 3.05) is 6.61 Å². The molecule has 0 aliphatic rings. The first-order chi connectivity index (χ1) is 7.06. The van der Waals surface area contributed by atoms with Gasteiger partial charge >= 0.3 is 5.97 Å². The standard InChI is InChI=1S/C10H14FNO3.ClH/c1-3-14-10(13)8(11)9(12)7-5-4-6(2)15-7;/h4-5,8-9H,3,12H2,1-2H3;1H/t8?,9-;/m1./s1. The number of esters is 1. The first-order valence-corrected chi connectivity index (χ1v) is 4.69. The van der Waals surface area contributed by atoms with Crippen molar-refractivity contribution in [1.29, 1.82) is 0 Å². The molecule has 2 N–H and O–H groups in total. The molecule has 0 saturated carbocycles. The SMILES string of the molecule is CCOC(=O)C(F)[C@H](N)c1ccc(C)o1.Cl. The maximum Gasteiger partial charge on any atom is 0.342 e. The average Bonchev–Trinajstić information content (AvgIpc) is 2.63. The third kappa shape index (κ3) is 3.50. The number of aryl methyl sites for hydroxylation is 1. The van der Waals surface area contributed by atoms with Crippen molar-refractivity contribution in [2.45, 2.75) is 26.1 Å². The van der Waals surface area contributed by atoms with Crippen LogP contribution in [0.3, 0.4) is 0 Å². The zero-order valence-electron chi connectivity index (χ0n) is 9.10. The number of carbonyl (C=O) groups excluding carboxylic acids is 1. The zero-order chi connectivity index (χ0) is 11.4. The largest absolute Gasteiger partial charge is 0.465 e. The average molecular weight is 252 g/mol. The molecule has 0 aliphatic heterocycles. The lowest BCUT2D eigenvalue weighted by molar-refractivity contribution is -0.150. The number of ether oxygens (including phenoxy) is 1. The molecule has 0 fully saturated rings. The Labute approximate surface area is 99.3 Å². The third-order valence-corrected chi connectivity index (χ3v) is 1.92. The molecule has 1 rings (SSSR count). The second kappa shape index (κ2) is 6.50. The van der Waals surface area contributed by atoms with Crippen molar-refractivity contribution in [2.24, 2.45) is 5.73 Å². The third-order valence-electron chi connectivity index (χ3n) is 1.92. The molecule has 0 aromatic carbocycles. The van der Waals surface area contributed by atoms with Crippen LogP contribution in [-0.4, -0.2) is 18.7 Å². The highest BCUT2D eigenvalue weighted by molar-refractivity contribution is 5.85. The van der Waals surface area contributed by atoms with Crippen molar-refractivity contribution in [1.82, 2.24) is 0 Å². The van der Waals surface area contributed by atoms with Crippen LogP contribution in [0, 0.1) is 6.92 Å². The molecule has 2 atom stereocenters. The second-order valence-corrected chi connectivity index (χ2v) is 3.13. The number of alkyl halides is 1.